The number of aromatic nitrogens is 2. The molecule has 0 aliphatic carbocycles. The number of pyridine rings is 1. The van der Waals surface area contributed by atoms with Crippen molar-refractivity contribution >= 4 is 11.7 Å². The van der Waals surface area contributed by atoms with Gasteiger partial charge in [0.25, 0.3) is 6.20 Å². The van der Waals surface area contributed by atoms with E-state index < -0.39 is 0 Å². The Morgan fingerprint density at radius 2 is 1.44 bits per heavy atom. The Hall–Kier alpha value is -5.03. The van der Waals surface area contributed by atoms with Gasteiger partial charge in [0.1, 0.15) is 5.69 Å². The number of ether oxygens (including phenoxy) is 2. The summed E-state index contributed by atoms with van der Waals surface area (Å²) in [5.41, 5.74) is 7.53. The van der Waals surface area contributed by atoms with Gasteiger partial charge in [-0.3, -0.25) is 11.1 Å². The van der Waals surface area contributed by atoms with Crippen LogP contribution >= 0.6 is 0 Å². The summed E-state index contributed by atoms with van der Waals surface area (Å²) in [4.78, 5) is 4.55. The molecule has 0 radical (unpaired) electrons. The number of rotatable bonds is 7. The molecule has 0 saturated heterocycles. The van der Waals surface area contributed by atoms with Gasteiger partial charge in [0.05, 0.1) is 0 Å². The molecule has 248 valence electrons. The van der Waals surface area contributed by atoms with Gasteiger partial charge >= 0.3 is 48.1 Å². The van der Waals surface area contributed by atoms with Gasteiger partial charge in [-0.15, -0.1) is 47.5 Å². The topological polar surface area (TPSA) is 42.3 Å². The molecule has 50 heavy (non-hydrogen) atoms. The van der Waals surface area contributed by atoms with Crippen molar-refractivity contribution in [2.45, 2.75) is 20.8 Å². The van der Waals surface area contributed by atoms with Crippen molar-refractivity contribution in [3.05, 3.63) is 163 Å². The summed E-state index contributed by atoms with van der Waals surface area (Å²) in [6.45, 7) is 6.21. The summed E-state index contributed by atoms with van der Waals surface area (Å²) < 4.78 is 17.5. The van der Waals surface area contributed by atoms with E-state index in [4.69, 9.17) is 15.9 Å². The Morgan fingerprint density at radius 1 is 0.780 bits per heavy atom. The normalized spacial score (nSPS) is 11.1. The zero-order chi connectivity index (χ0) is 33.5. The van der Waals surface area contributed by atoms with Crippen LogP contribution in [0, 0.1) is 63.6 Å². The van der Waals surface area contributed by atoms with Crippen LogP contribution in [0.25, 0.3) is 22.4 Å². The van der Waals surface area contributed by atoms with E-state index in [1.807, 2.05) is 114 Å². The second-order valence-corrected chi connectivity index (χ2v) is 10.9. The summed E-state index contributed by atoms with van der Waals surface area (Å²) in [5.74, 6) is 2.47. The van der Waals surface area contributed by atoms with E-state index in [2.05, 4.69) is 61.2 Å². The average molecular weight is 1010 g/mol. The number of benzene rings is 4. The number of nitrogens with zero attached hydrogens (tertiary/aromatic N) is 4. The largest absolute Gasteiger partial charge is 4.00 e. The minimum atomic E-state index is 0. The zero-order valence-electron chi connectivity index (χ0n) is 27.6. The first-order valence-corrected chi connectivity index (χ1v) is 15.2. The van der Waals surface area contributed by atoms with Crippen LogP contribution < -0.4 is 9.47 Å². The van der Waals surface area contributed by atoms with Crippen molar-refractivity contribution in [2.75, 3.05) is 7.05 Å². The zero-order valence-corrected chi connectivity index (χ0v) is 32.2. The van der Waals surface area contributed by atoms with Crippen LogP contribution in [-0.4, -0.2) is 31.8 Å². The van der Waals surface area contributed by atoms with E-state index in [1.165, 1.54) is 11.1 Å². The third-order valence-corrected chi connectivity index (χ3v) is 7.60. The van der Waals surface area contributed by atoms with Crippen LogP contribution in [0.1, 0.15) is 16.7 Å². The Bertz CT molecular complexity index is 2250. The molecule has 6 nitrogen and oxygen atoms in total. The molecular formula is C42H30N4O2Pt2+2. The Morgan fingerprint density at radius 3 is 2.12 bits per heavy atom. The summed E-state index contributed by atoms with van der Waals surface area (Å²) in [6.07, 6.45) is 15.6. The smallest absolute Gasteiger partial charge is 0.669 e. The van der Waals surface area contributed by atoms with Crippen LogP contribution in [0.3, 0.4) is 0 Å². The fourth-order valence-electron chi connectivity index (χ4n) is 4.78. The van der Waals surface area contributed by atoms with Gasteiger partial charge in [-0.2, -0.15) is 35.4 Å². The van der Waals surface area contributed by atoms with E-state index in [0.717, 1.165) is 33.6 Å². The van der Waals surface area contributed by atoms with Crippen LogP contribution in [-0.2, 0) is 42.1 Å². The molecule has 0 unspecified atom stereocenters. The molecule has 0 fully saturated rings. The SMILES string of the molecule is Cc1c[c-]c(Oc2[c-]c(-c3[c-]cnc(-c4[c-]c(Oc5[c-]c([N+]6=C=[N+](C)C=C6)ccc5)ccc4)c3)ccc2)c(C)c1C.[C-]#Cn1cccc1.[Pt+2].[Pt+4]. The van der Waals surface area contributed by atoms with Crippen molar-refractivity contribution in [1.29, 1.82) is 0 Å². The first kappa shape index (κ1) is 37.8. The van der Waals surface area contributed by atoms with Crippen molar-refractivity contribution in [3.63, 3.8) is 0 Å². The molecule has 1 aliphatic rings. The molecule has 0 spiro atoms. The molecule has 0 saturated carbocycles. The third-order valence-electron chi connectivity index (χ3n) is 7.60. The molecule has 0 amide bonds. The maximum atomic E-state index is 6.57. The van der Waals surface area contributed by atoms with E-state index in [1.54, 1.807) is 23.2 Å². The summed E-state index contributed by atoms with van der Waals surface area (Å²) in [7, 11) is 1.92. The monoisotopic (exact) mass is 1010 g/mol. The molecule has 0 bridgehead atoms. The van der Waals surface area contributed by atoms with Gasteiger partial charge in [-0.25, -0.2) is 24.2 Å². The van der Waals surface area contributed by atoms with E-state index in [0.29, 0.717) is 23.0 Å². The van der Waals surface area contributed by atoms with Crippen molar-refractivity contribution in [2.24, 2.45) is 0 Å². The minimum Gasteiger partial charge on any atom is -0.669 e. The molecule has 1 aliphatic heterocycles. The van der Waals surface area contributed by atoms with Crippen LogP contribution in [0.2, 0.25) is 0 Å². The molecular weight excluding hydrogens is 983 g/mol. The number of hydrogen-bond acceptors (Lipinski definition) is 3. The predicted molar refractivity (Wildman–Crippen MR) is 184 cm³/mol. The van der Waals surface area contributed by atoms with Gasteiger partial charge in [0.15, 0.2) is 7.05 Å². The van der Waals surface area contributed by atoms with E-state index in [9.17, 15) is 0 Å². The summed E-state index contributed by atoms with van der Waals surface area (Å²) in [6, 6.07) is 46.7. The Balaban J connectivity index is 0.000000559. The fourth-order valence-corrected chi connectivity index (χ4v) is 4.78. The van der Waals surface area contributed by atoms with Gasteiger partial charge in [0.2, 0.25) is 6.20 Å². The average Bonchev–Trinajstić information content (AvgIpc) is 3.82. The van der Waals surface area contributed by atoms with E-state index in [-0.39, 0.29) is 42.1 Å². The van der Waals surface area contributed by atoms with Crippen LogP contribution in [0.4, 0.5) is 5.69 Å². The van der Waals surface area contributed by atoms with E-state index >= 15 is 0 Å². The maximum absolute atomic E-state index is 6.57. The van der Waals surface area contributed by atoms with Gasteiger partial charge < -0.3 is 25.4 Å². The molecule has 4 aromatic carbocycles. The molecule has 2 aromatic heterocycles. The fraction of sp³-hybridized carbons (Fsp3) is 0.0952. The summed E-state index contributed by atoms with van der Waals surface area (Å²) in [5, 5.41) is 0. The second-order valence-electron chi connectivity index (χ2n) is 10.9. The van der Waals surface area contributed by atoms with Gasteiger partial charge in [-0.1, -0.05) is 60.0 Å². The predicted octanol–water partition coefficient (Wildman–Crippen LogP) is 8.75. The molecule has 0 N–H and O–H groups in total. The molecule has 7 rings (SSSR count). The molecule has 6 aromatic rings. The third kappa shape index (κ3) is 9.35. The second kappa shape index (κ2) is 17.6. The van der Waals surface area contributed by atoms with Crippen LogP contribution in [0.15, 0.2) is 110 Å². The molecule has 0 atom stereocenters. The Kier molecular flexibility index (Phi) is 13.3. The van der Waals surface area contributed by atoms with Crippen LogP contribution in [0.5, 0.6) is 23.0 Å². The number of aryl methyl sites for hydroxylation is 1. The van der Waals surface area contributed by atoms with Gasteiger partial charge in [-0.05, 0) is 12.1 Å². The van der Waals surface area contributed by atoms with Gasteiger partial charge in [0, 0.05) is 35.4 Å². The first-order valence-electron chi connectivity index (χ1n) is 15.2. The maximum Gasteiger partial charge on any atom is 4.00 e. The standard InChI is InChI=1S/C36H26N3O2.C6H4N.2Pt/c1-25-14-15-36(27(3)26(25)2)41-33-12-5-8-28(20-33)29-16-17-37-35(22-29)30-9-6-11-32(21-30)40-34-13-7-10-31(23-34)39-19-18-38(4)24-39;1-2-7-5-3-4-6-7;;/h5-14,17-19,22H,1-4H3;3-6H;;/q-3;-1;+2;+4. The molecule has 8 heteroatoms. The minimum absolute atomic E-state index is 0. The first-order chi connectivity index (χ1) is 23.4. The Labute approximate surface area is 322 Å². The van der Waals surface area contributed by atoms with Crippen molar-refractivity contribution < 1.29 is 60.8 Å². The quantitative estimate of drug-likeness (QED) is 0.0914. The van der Waals surface area contributed by atoms with Crippen molar-refractivity contribution in [3.8, 4) is 51.4 Å². The summed E-state index contributed by atoms with van der Waals surface area (Å²) >= 11 is 0. The van der Waals surface area contributed by atoms with Crippen molar-refractivity contribution in [1.82, 2.24) is 9.55 Å². The number of hydrogen-bond donors (Lipinski definition) is 0. The molecule has 3 heterocycles.